The molecule has 18 heavy (non-hydrogen) atoms. The van der Waals surface area contributed by atoms with Crippen LogP contribution >= 0.6 is 0 Å². The molecule has 0 aromatic rings. The van der Waals surface area contributed by atoms with Crippen molar-refractivity contribution in [1.82, 2.24) is 5.32 Å². The second kappa shape index (κ2) is 8.71. The summed E-state index contributed by atoms with van der Waals surface area (Å²) >= 11 is 0. The third-order valence-electron chi connectivity index (χ3n) is 1.89. The van der Waals surface area contributed by atoms with Gasteiger partial charge in [0.05, 0.1) is 5.57 Å². The molecule has 0 radical (unpaired) electrons. The van der Waals surface area contributed by atoms with Crippen molar-refractivity contribution in [2.45, 2.75) is 13.8 Å². The molecule has 0 fully saturated rings. The Hall–Kier alpha value is -2.41. The lowest BCUT2D eigenvalue weighted by molar-refractivity contribution is 0.885. The minimum Gasteiger partial charge on any atom is -0.366 e. The SMILES string of the molecule is C=CN=CC(=C)CNC(=C)N=CC(C#N)=C(C)C. The fourth-order valence-electron chi connectivity index (χ4n) is 0.877. The Labute approximate surface area is 108 Å². The zero-order valence-electron chi connectivity index (χ0n) is 10.9. The van der Waals surface area contributed by atoms with E-state index in [0.29, 0.717) is 17.9 Å². The van der Waals surface area contributed by atoms with Gasteiger partial charge in [-0.3, -0.25) is 4.99 Å². The number of hydrogen-bond acceptors (Lipinski definition) is 4. The van der Waals surface area contributed by atoms with E-state index >= 15 is 0 Å². The van der Waals surface area contributed by atoms with Gasteiger partial charge in [-0.25, -0.2) is 4.99 Å². The molecule has 0 aromatic heterocycles. The minimum absolute atomic E-state index is 0.470. The van der Waals surface area contributed by atoms with Crippen molar-refractivity contribution in [2.75, 3.05) is 6.54 Å². The Bertz CT molecular complexity index is 455. The maximum absolute atomic E-state index is 8.83. The Morgan fingerprint density at radius 3 is 2.50 bits per heavy atom. The van der Waals surface area contributed by atoms with Crippen molar-refractivity contribution >= 4 is 12.4 Å². The molecule has 0 spiro atoms. The highest BCUT2D eigenvalue weighted by Crippen LogP contribution is 1.99. The zero-order valence-corrected chi connectivity index (χ0v) is 10.9. The maximum Gasteiger partial charge on any atom is 0.118 e. The minimum atomic E-state index is 0.470. The molecular weight excluding hydrogens is 224 g/mol. The molecule has 1 N–H and O–H groups in total. The van der Waals surface area contributed by atoms with Crippen LogP contribution in [0.2, 0.25) is 0 Å². The first kappa shape index (κ1) is 15.6. The maximum atomic E-state index is 8.83. The van der Waals surface area contributed by atoms with Crippen molar-refractivity contribution in [3.63, 3.8) is 0 Å². The van der Waals surface area contributed by atoms with E-state index in [1.165, 1.54) is 12.4 Å². The molecular formula is C14H18N4. The van der Waals surface area contributed by atoms with E-state index in [9.17, 15) is 0 Å². The largest absolute Gasteiger partial charge is 0.366 e. The molecule has 0 bridgehead atoms. The average molecular weight is 242 g/mol. The molecule has 4 heteroatoms. The van der Waals surface area contributed by atoms with Crippen LogP contribution in [0, 0.1) is 11.3 Å². The highest BCUT2D eigenvalue weighted by molar-refractivity contribution is 5.85. The molecule has 0 heterocycles. The van der Waals surface area contributed by atoms with Gasteiger partial charge in [-0.2, -0.15) is 5.26 Å². The normalized spacial score (nSPS) is 10.1. The number of aliphatic imine (C=N–C) groups is 2. The van der Waals surface area contributed by atoms with Crippen LogP contribution in [0.1, 0.15) is 13.8 Å². The summed E-state index contributed by atoms with van der Waals surface area (Å²) in [5.41, 5.74) is 2.23. The van der Waals surface area contributed by atoms with E-state index in [-0.39, 0.29) is 0 Å². The van der Waals surface area contributed by atoms with E-state index in [1.807, 2.05) is 13.8 Å². The second-order valence-electron chi connectivity index (χ2n) is 3.70. The first-order chi connectivity index (χ1) is 8.51. The lowest BCUT2D eigenvalue weighted by Gasteiger charge is -2.04. The van der Waals surface area contributed by atoms with E-state index in [1.54, 1.807) is 6.21 Å². The quantitative estimate of drug-likeness (QED) is 0.551. The topological polar surface area (TPSA) is 60.5 Å². The van der Waals surface area contributed by atoms with Gasteiger partial charge in [0, 0.05) is 25.2 Å². The summed E-state index contributed by atoms with van der Waals surface area (Å²) in [6.45, 7) is 15.2. The smallest absolute Gasteiger partial charge is 0.118 e. The molecule has 0 unspecified atom stereocenters. The molecule has 0 amide bonds. The summed E-state index contributed by atoms with van der Waals surface area (Å²) in [6.07, 6.45) is 4.53. The van der Waals surface area contributed by atoms with Gasteiger partial charge in [0.2, 0.25) is 0 Å². The number of hydrogen-bond donors (Lipinski definition) is 1. The number of rotatable bonds is 7. The highest BCUT2D eigenvalue weighted by atomic mass is 15.0. The van der Waals surface area contributed by atoms with Gasteiger partial charge < -0.3 is 5.32 Å². The Kier molecular flexibility index (Phi) is 7.54. The molecule has 0 saturated carbocycles. The fourth-order valence-corrected chi connectivity index (χ4v) is 0.877. The Balaban J connectivity index is 4.30. The zero-order chi connectivity index (χ0) is 14.0. The second-order valence-corrected chi connectivity index (χ2v) is 3.70. The van der Waals surface area contributed by atoms with E-state index < -0.39 is 0 Å². The molecule has 0 aromatic carbocycles. The van der Waals surface area contributed by atoms with Crippen LogP contribution in [-0.2, 0) is 0 Å². The third kappa shape index (κ3) is 6.96. The van der Waals surface area contributed by atoms with Crippen LogP contribution in [0.3, 0.4) is 0 Å². The Morgan fingerprint density at radius 1 is 1.33 bits per heavy atom. The predicted molar refractivity (Wildman–Crippen MR) is 77.5 cm³/mol. The van der Waals surface area contributed by atoms with Gasteiger partial charge in [-0.1, -0.05) is 25.3 Å². The van der Waals surface area contributed by atoms with Gasteiger partial charge in [0.15, 0.2) is 0 Å². The van der Waals surface area contributed by atoms with Crippen LogP contribution < -0.4 is 5.32 Å². The number of nitrogens with one attached hydrogen (secondary N) is 1. The van der Waals surface area contributed by atoms with E-state index in [4.69, 9.17) is 5.26 Å². The monoisotopic (exact) mass is 242 g/mol. The van der Waals surface area contributed by atoms with Crippen LogP contribution in [-0.4, -0.2) is 19.0 Å². The molecule has 94 valence electrons. The van der Waals surface area contributed by atoms with Crippen LogP contribution in [0.25, 0.3) is 0 Å². The average Bonchev–Trinajstić information content (AvgIpc) is 2.34. The predicted octanol–water partition coefficient (Wildman–Crippen LogP) is 2.75. The van der Waals surface area contributed by atoms with Gasteiger partial charge >= 0.3 is 0 Å². The van der Waals surface area contributed by atoms with E-state index in [0.717, 1.165) is 11.1 Å². The molecule has 0 saturated heterocycles. The molecule has 0 aliphatic heterocycles. The molecule has 0 rings (SSSR count). The third-order valence-corrected chi connectivity index (χ3v) is 1.89. The molecule has 0 aliphatic rings. The fraction of sp³-hybridized carbons (Fsp3) is 0.214. The van der Waals surface area contributed by atoms with E-state index in [2.05, 4.69) is 41.1 Å². The first-order valence-corrected chi connectivity index (χ1v) is 5.37. The standard InChI is InChI=1S/C14H18N4/c1-6-16-8-12(4)9-17-13(5)18-10-14(7-15)11(2)3/h6,8,10,17H,1,4-5,9H2,2-3H3. The van der Waals surface area contributed by atoms with Crippen molar-refractivity contribution in [3.05, 3.63) is 48.5 Å². The van der Waals surface area contributed by atoms with Crippen LogP contribution in [0.4, 0.5) is 0 Å². The van der Waals surface area contributed by atoms with Crippen molar-refractivity contribution in [3.8, 4) is 6.07 Å². The van der Waals surface area contributed by atoms with Crippen molar-refractivity contribution < 1.29 is 0 Å². The summed E-state index contributed by atoms with van der Waals surface area (Å²) in [4.78, 5) is 7.89. The molecule has 0 atom stereocenters. The lowest BCUT2D eigenvalue weighted by Crippen LogP contribution is -2.15. The van der Waals surface area contributed by atoms with Crippen LogP contribution in [0.5, 0.6) is 0 Å². The summed E-state index contributed by atoms with van der Waals surface area (Å²) in [7, 11) is 0. The van der Waals surface area contributed by atoms with Gasteiger partial charge in [0.25, 0.3) is 0 Å². The lowest BCUT2D eigenvalue weighted by atomic mass is 10.2. The highest BCUT2D eigenvalue weighted by Gasteiger charge is 1.94. The van der Waals surface area contributed by atoms with Gasteiger partial charge in [-0.05, 0) is 19.4 Å². The van der Waals surface area contributed by atoms with Crippen molar-refractivity contribution in [2.24, 2.45) is 9.98 Å². The summed E-state index contributed by atoms with van der Waals surface area (Å²) < 4.78 is 0. The number of nitrogens with zero attached hydrogens (tertiary/aromatic N) is 3. The summed E-state index contributed by atoms with van der Waals surface area (Å²) in [6, 6.07) is 2.06. The summed E-state index contributed by atoms with van der Waals surface area (Å²) in [5.74, 6) is 0.470. The first-order valence-electron chi connectivity index (χ1n) is 5.37. The van der Waals surface area contributed by atoms with Gasteiger partial charge in [0.1, 0.15) is 11.9 Å². The molecule has 4 nitrogen and oxygen atoms in total. The Morgan fingerprint density at radius 2 is 2.00 bits per heavy atom. The number of nitriles is 1. The van der Waals surface area contributed by atoms with Gasteiger partial charge in [-0.15, -0.1) is 0 Å². The summed E-state index contributed by atoms with van der Waals surface area (Å²) in [5, 5.41) is 11.8. The number of allylic oxidation sites excluding steroid dienone is 2. The molecule has 0 aliphatic carbocycles. The van der Waals surface area contributed by atoms with Crippen LogP contribution in [0.15, 0.2) is 58.5 Å². The van der Waals surface area contributed by atoms with Crippen molar-refractivity contribution in [1.29, 1.82) is 5.26 Å².